The average Bonchev–Trinajstić information content (AvgIpc) is 2.75. The van der Waals surface area contributed by atoms with Crippen molar-refractivity contribution < 1.29 is 9.63 Å². The lowest BCUT2D eigenvalue weighted by molar-refractivity contribution is -0.108. The van der Waals surface area contributed by atoms with Gasteiger partial charge in [-0.05, 0) is 64.6 Å². The Labute approximate surface area is 172 Å². The molecule has 1 fully saturated rings. The third-order valence-electron chi connectivity index (χ3n) is 3.82. The van der Waals surface area contributed by atoms with Crippen LogP contribution in [-0.2, 0) is 9.63 Å². The molecule has 0 aromatic rings. The van der Waals surface area contributed by atoms with Gasteiger partial charge < -0.3 is 14.5 Å². The van der Waals surface area contributed by atoms with Crippen molar-refractivity contribution in [2.24, 2.45) is 11.1 Å². The van der Waals surface area contributed by atoms with Gasteiger partial charge in [-0.25, -0.2) is 0 Å². The molecule has 0 aliphatic carbocycles. The highest BCUT2D eigenvalue weighted by Crippen LogP contribution is 2.13. The number of carbonyl (C=O) groups is 1. The van der Waals surface area contributed by atoms with Gasteiger partial charge in [0.25, 0.3) is 0 Å². The first-order valence-electron chi connectivity index (χ1n) is 11.4. The van der Waals surface area contributed by atoms with Crippen LogP contribution in [0.4, 0.5) is 0 Å². The average molecular weight is 389 g/mol. The second-order valence-corrected chi connectivity index (χ2v) is 5.85. The van der Waals surface area contributed by atoms with Crippen LogP contribution >= 0.6 is 0 Å². The molecule has 4 heteroatoms. The minimum absolute atomic E-state index is 0.622. The lowest BCUT2D eigenvalue weighted by atomic mass is 10.00. The van der Waals surface area contributed by atoms with Gasteiger partial charge in [-0.15, -0.1) is 0 Å². The summed E-state index contributed by atoms with van der Waals surface area (Å²) < 4.78 is 0. The molecule has 4 nitrogen and oxygen atoms in total. The maximum atomic E-state index is 9.97. The number of oxime groups is 1. The second kappa shape index (κ2) is 32.7. The largest absolute Gasteiger partial charge is 0.396 e. The van der Waals surface area contributed by atoms with Gasteiger partial charge in [0, 0.05) is 6.42 Å². The molecule has 0 unspecified atom stereocenters. The Hall–Kier alpha value is -0.900. The van der Waals surface area contributed by atoms with Gasteiger partial charge in [-0.1, -0.05) is 67.5 Å². The van der Waals surface area contributed by atoms with E-state index in [4.69, 9.17) is 4.84 Å². The molecule has 0 aromatic heterocycles. The third-order valence-corrected chi connectivity index (χ3v) is 3.82. The van der Waals surface area contributed by atoms with E-state index in [1.54, 1.807) is 0 Å². The Morgan fingerprint density at radius 3 is 1.85 bits per heavy atom. The van der Waals surface area contributed by atoms with Gasteiger partial charge in [-0.3, -0.25) is 0 Å². The molecule has 0 spiro atoms. The van der Waals surface area contributed by atoms with Crippen molar-refractivity contribution in [1.82, 2.24) is 4.90 Å². The van der Waals surface area contributed by atoms with Crippen molar-refractivity contribution >= 4 is 12.0 Å². The van der Waals surface area contributed by atoms with Gasteiger partial charge >= 0.3 is 0 Å². The van der Waals surface area contributed by atoms with Crippen LogP contribution in [0.5, 0.6) is 0 Å². The first-order chi connectivity index (χ1) is 13.1. The molecule has 0 aromatic carbocycles. The van der Waals surface area contributed by atoms with Gasteiger partial charge in [0.2, 0.25) is 0 Å². The SMILES string of the molecule is CC.CC.CC.CC1CCN(C)CC1.CCC(CC)=NOCCCCC=O. The Morgan fingerprint density at radius 1 is 1.00 bits per heavy atom. The summed E-state index contributed by atoms with van der Waals surface area (Å²) in [6.45, 7) is 21.7. The first-order valence-corrected chi connectivity index (χ1v) is 11.4. The van der Waals surface area contributed by atoms with Crippen molar-refractivity contribution in [3.05, 3.63) is 0 Å². The Balaban J connectivity index is -0.000000161. The van der Waals surface area contributed by atoms with E-state index in [-0.39, 0.29) is 0 Å². The monoisotopic (exact) mass is 388 g/mol. The zero-order valence-electron chi connectivity index (χ0n) is 20.4. The fraction of sp³-hybridized carbons (Fsp3) is 0.913. The molecule has 1 saturated heterocycles. The summed E-state index contributed by atoms with van der Waals surface area (Å²) in [7, 11) is 2.20. The van der Waals surface area contributed by atoms with E-state index in [1.807, 2.05) is 41.5 Å². The summed E-state index contributed by atoms with van der Waals surface area (Å²) in [4.78, 5) is 17.5. The fourth-order valence-corrected chi connectivity index (χ4v) is 2.05. The van der Waals surface area contributed by atoms with Crippen LogP contribution in [-0.4, -0.2) is 43.6 Å². The van der Waals surface area contributed by atoms with Crippen molar-refractivity contribution in [2.75, 3.05) is 26.7 Å². The molecule has 27 heavy (non-hydrogen) atoms. The molecule has 0 bridgehead atoms. The summed E-state index contributed by atoms with van der Waals surface area (Å²) in [5.41, 5.74) is 1.09. The quantitative estimate of drug-likeness (QED) is 0.195. The van der Waals surface area contributed by atoms with E-state index in [0.29, 0.717) is 13.0 Å². The van der Waals surface area contributed by atoms with Crippen molar-refractivity contribution in [3.63, 3.8) is 0 Å². The van der Waals surface area contributed by atoms with Crippen LogP contribution < -0.4 is 0 Å². The van der Waals surface area contributed by atoms with E-state index >= 15 is 0 Å². The zero-order valence-corrected chi connectivity index (χ0v) is 20.4. The highest BCUT2D eigenvalue weighted by atomic mass is 16.6. The number of hydrogen-bond donors (Lipinski definition) is 0. The number of nitrogens with zero attached hydrogens (tertiary/aromatic N) is 2. The second-order valence-electron chi connectivity index (χ2n) is 5.85. The molecule has 1 aliphatic heterocycles. The number of rotatable bonds is 8. The van der Waals surface area contributed by atoms with Crippen LogP contribution in [0.25, 0.3) is 0 Å². The molecule has 1 aliphatic rings. The van der Waals surface area contributed by atoms with E-state index < -0.39 is 0 Å². The summed E-state index contributed by atoms with van der Waals surface area (Å²) >= 11 is 0. The normalized spacial score (nSPS) is 13.0. The highest BCUT2D eigenvalue weighted by Gasteiger charge is 2.10. The number of carbonyl (C=O) groups excluding carboxylic acids is 1. The minimum atomic E-state index is 0.622. The smallest absolute Gasteiger partial charge is 0.119 e. The zero-order chi connectivity index (χ0) is 21.9. The molecule has 0 saturated carbocycles. The lowest BCUT2D eigenvalue weighted by Crippen LogP contribution is -2.28. The number of piperidine rings is 1. The molecule has 1 rings (SSSR count). The predicted octanol–water partition coefficient (Wildman–Crippen LogP) is 6.97. The van der Waals surface area contributed by atoms with E-state index in [2.05, 4.69) is 37.9 Å². The van der Waals surface area contributed by atoms with Crippen LogP contribution in [0.1, 0.15) is 107 Å². The van der Waals surface area contributed by atoms with E-state index in [0.717, 1.165) is 43.6 Å². The molecule has 1 heterocycles. The standard InChI is InChI=1S/C10H19NO2.C7H15N.3C2H6/c1-3-10(4-2)11-13-9-7-5-6-8-12;1-7-3-5-8(2)6-4-7;3*1-2/h8H,3-7,9H2,1-2H3;7H,3-6H2,1-2H3;3*1-2H3. The predicted molar refractivity (Wildman–Crippen MR) is 124 cm³/mol. The number of hydrogen-bond acceptors (Lipinski definition) is 4. The van der Waals surface area contributed by atoms with Crippen molar-refractivity contribution in [2.45, 2.75) is 107 Å². The molecular formula is C23H52N2O2. The molecule has 0 atom stereocenters. The fourth-order valence-electron chi connectivity index (χ4n) is 2.05. The Bertz CT molecular complexity index is 258. The van der Waals surface area contributed by atoms with Crippen molar-refractivity contribution in [3.8, 4) is 0 Å². The van der Waals surface area contributed by atoms with Crippen LogP contribution in [0.2, 0.25) is 0 Å². The summed E-state index contributed by atoms with van der Waals surface area (Å²) in [5.74, 6) is 0.978. The molecule has 0 N–H and O–H groups in total. The minimum Gasteiger partial charge on any atom is -0.396 e. The van der Waals surface area contributed by atoms with Crippen LogP contribution in [0.15, 0.2) is 5.16 Å². The number of unbranched alkanes of at least 4 members (excludes halogenated alkanes) is 2. The van der Waals surface area contributed by atoms with Gasteiger partial charge in [-0.2, -0.15) is 0 Å². The number of likely N-dealkylation sites (tertiary alicyclic amines) is 1. The number of aldehydes is 1. The first kappa shape index (κ1) is 33.7. The topological polar surface area (TPSA) is 41.9 Å². The van der Waals surface area contributed by atoms with Crippen LogP contribution in [0, 0.1) is 5.92 Å². The summed E-state index contributed by atoms with van der Waals surface area (Å²) in [6, 6.07) is 0. The lowest BCUT2D eigenvalue weighted by Gasteiger charge is -2.26. The molecule has 0 radical (unpaired) electrons. The Morgan fingerprint density at radius 2 is 1.48 bits per heavy atom. The van der Waals surface area contributed by atoms with Gasteiger partial charge in [0.1, 0.15) is 12.9 Å². The summed E-state index contributed by atoms with van der Waals surface area (Å²) in [5, 5.41) is 3.99. The van der Waals surface area contributed by atoms with Gasteiger partial charge in [0.05, 0.1) is 5.71 Å². The van der Waals surface area contributed by atoms with E-state index in [9.17, 15) is 4.79 Å². The third kappa shape index (κ3) is 30.1. The molecular weight excluding hydrogens is 336 g/mol. The molecule has 0 amide bonds. The highest BCUT2D eigenvalue weighted by molar-refractivity contribution is 5.83. The van der Waals surface area contributed by atoms with Crippen LogP contribution in [0.3, 0.4) is 0 Å². The molecule has 166 valence electrons. The maximum Gasteiger partial charge on any atom is 0.119 e. The maximum absolute atomic E-state index is 9.97. The van der Waals surface area contributed by atoms with Crippen molar-refractivity contribution in [1.29, 1.82) is 0 Å². The van der Waals surface area contributed by atoms with E-state index in [1.165, 1.54) is 25.9 Å². The summed E-state index contributed by atoms with van der Waals surface area (Å²) in [6.07, 6.45) is 8.06. The van der Waals surface area contributed by atoms with Gasteiger partial charge in [0.15, 0.2) is 0 Å². The Kier molecular flexibility index (Phi) is 40.8.